The number of methoxy groups -OCH3 is 2. The number of anilines is 1. The highest BCUT2D eigenvalue weighted by Gasteiger charge is 2.30. The van der Waals surface area contributed by atoms with Gasteiger partial charge in [0.15, 0.2) is 11.6 Å². The number of benzene rings is 1. The summed E-state index contributed by atoms with van der Waals surface area (Å²) in [5, 5.41) is 13.9. The van der Waals surface area contributed by atoms with E-state index in [0.29, 0.717) is 31.0 Å². The van der Waals surface area contributed by atoms with E-state index in [0.717, 1.165) is 5.56 Å². The van der Waals surface area contributed by atoms with Crippen molar-refractivity contribution in [1.29, 1.82) is 0 Å². The van der Waals surface area contributed by atoms with Gasteiger partial charge in [0.25, 0.3) is 0 Å². The third kappa shape index (κ3) is 5.23. The first-order valence-corrected chi connectivity index (χ1v) is 11.9. The quantitative estimate of drug-likeness (QED) is 0.454. The Balaban J connectivity index is 1.59. The second-order valence-corrected chi connectivity index (χ2v) is 10.0. The van der Waals surface area contributed by atoms with E-state index < -0.39 is 17.5 Å². The van der Waals surface area contributed by atoms with Crippen molar-refractivity contribution in [2.45, 2.75) is 45.4 Å². The number of rotatable bonds is 6. The zero-order valence-corrected chi connectivity index (χ0v) is 21.6. The van der Waals surface area contributed by atoms with Crippen molar-refractivity contribution < 1.29 is 28.5 Å². The van der Waals surface area contributed by atoms with E-state index in [1.54, 1.807) is 44.9 Å². The molecule has 0 aliphatic carbocycles. The van der Waals surface area contributed by atoms with Gasteiger partial charge >= 0.3 is 6.09 Å². The molecular weight excluding hydrogens is 491 g/mol. The van der Waals surface area contributed by atoms with Gasteiger partial charge in [-0.2, -0.15) is 0 Å². The molecule has 1 fully saturated rings. The Morgan fingerprint density at radius 2 is 2.06 bits per heavy atom. The summed E-state index contributed by atoms with van der Waals surface area (Å²) in [6.45, 7) is 6.40. The fraction of sp³-hybridized carbons (Fsp3) is 0.440. The van der Waals surface area contributed by atoms with Crippen LogP contribution in [0.4, 0.5) is 15.0 Å². The molecule has 11 heteroatoms. The van der Waals surface area contributed by atoms with E-state index in [1.165, 1.54) is 17.9 Å². The number of nitrogens with zero attached hydrogens (tertiary/aromatic N) is 3. The van der Waals surface area contributed by atoms with E-state index in [4.69, 9.17) is 25.8 Å². The molecule has 0 bridgehead atoms. The number of aromatic nitrogens is 2. The summed E-state index contributed by atoms with van der Waals surface area (Å²) in [5.74, 6) is 0.475. The van der Waals surface area contributed by atoms with Gasteiger partial charge in [-0.3, -0.25) is 0 Å². The number of fused-ring (bicyclic) bond motifs is 1. The lowest BCUT2D eigenvalue weighted by molar-refractivity contribution is 0.0509. The van der Waals surface area contributed by atoms with Gasteiger partial charge in [-0.1, -0.05) is 11.6 Å². The van der Waals surface area contributed by atoms with E-state index in [2.05, 4.69) is 10.3 Å². The summed E-state index contributed by atoms with van der Waals surface area (Å²) in [4.78, 5) is 18.1. The number of carbonyl (C=O) groups excluding carboxylic acids is 1. The Morgan fingerprint density at radius 3 is 2.72 bits per heavy atom. The van der Waals surface area contributed by atoms with Crippen LogP contribution in [0.15, 0.2) is 24.4 Å². The molecule has 1 amide bonds. The number of alkyl carbamates (subject to hydrolysis) is 1. The van der Waals surface area contributed by atoms with Crippen LogP contribution >= 0.6 is 11.6 Å². The Morgan fingerprint density at radius 1 is 1.31 bits per heavy atom. The van der Waals surface area contributed by atoms with Crippen molar-refractivity contribution in [2.75, 3.05) is 32.2 Å². The van der Waals surface area contributed by atoms with Crippen molar-refractivity contribution in [2.24, 2.45) is 0 Å². The fourth-order valence-electron chi connectivity index (χ4n) is 4.27. The number of nitrogens with one attached hydrogen (secondary N) is 1. The molecular formula is C25H30ClFN4O5. The van der Waals surface area contributed by atoms with Crippen molar-refractivity contribution >= 4 is 34.3 Å². The maximum atomic E-state index is 15.6. The summed E-state index contributed by atoms with van der Waals surface area (Å²) >= 11 is 6.42. The Kier molecular flexibility index (Phi) is 7.08. The maximum Gasteiger partial charge on any atom is 0.407 e. The molecule has 1 aromatic carbocycles. The molecule has 36 heavy (non-hydrogen) atoms. The topological polar surface area (TPSA) is 98.1 Å². The normalized spacial score (nSPS) is 15.9. The minimum absolute atomic E-state index is 0.0112. The molecule has 2 N–H and O–H groups in total. The fourth-order valence-corrected chi connectivity index (χ4v) is 4.54. The maximum absolute atomic E-state index is 15.6. The lowest BCUT2D eigenvalue weighted by Crippen LogP contribution is -2.40. The number of ether oxygens (including phenoxy) is 3. The predicted molar refractivity (Wildman–Crippen MR) is 135 cm³/mol. The predicted octanol–water partition coefficient (Wildman–Crippen LogP) is 4.70. The van der Waals surface area contributed by atoms with Crippen LogP contribution in [0.25, 0.3) is 10.8 Å². The van der Waals surface area contributed by atoms with Crippen LogP contribution in [0.5, 0.6) is 17.4 Å². The van der Waals surface area contributed by atoms with Crippen LogP contribution in [-0.2, 0) is 11.3 Å². The van der Waals surface area contributed by atoms with Crippen LogP contribution in [0.2, 0.25) is 5.15 Å². The van der Waals surface area contributed by atoms with Crippen LogP contribution in [0.1, 0.15) is 32.8 Å². The van der Waals surface area contributed by atoms with Gasteiger partial charge in [-0.05, 0) is 39.3 Å². The molecule has 194 valence electrons. The second kappa shape index (κ2) is 9.93. The van der Waals surface area contributed by atoms with E-state index in [-0.39, 0.29) is 40.2 Å². The van der Waals surface area contributed by atoms with Gasteiger partial charge in [0, 0.05) is 36.3 Å². The number of carbonyl (C=O) groups is 1. The number of hydrogen-bond acceptors (Lipinski definition) is 7. The number of hydrogen-bond donors (Lipinski definition) is 2. The highest BCUT2D eigenvalue weighted by Crippen LogP contribution is 2.39. The molecule has 3 aromatic rings. The molecule has 4 rings (SSSR count). The first-order chi connectivity index (χ1) is 17.0. The molecule has 9 nitrogen and oxygen atoms in total. The van der Waals surface area contributed by atoms with Crippen LogP contribution < -0.4 is 19.7 Å². The number of aromatic hydroxyl groups is 1. The van der Waals surface area contributed by atoms with Crippen LogP contribution in [0, 0.1) is 5.82 Å². The van der Waals surface area contributed by atoms with Gasteiger partial charge in [0.1, 0.15) is 22.3 Å². The minimum Gasteiger partial charge on any atom is -0.497 e. The summed E-state index contributed by atoms with van der Waals surface area (Å²) in [6.07, 6.45) is 1.58. The first kappa shape index (κ1) is 25.7. The lowest BCUT2D eigenvalue weighted by Gasteiger charge is -2.22. The van der Waals surface area contributed by atoms with Gasteiger partial charge in [-0.25, -0.2) is 14.2 Å². The third-order valence-corrected chi connectivity index (χ3v) is 6.21. The second-order valence-electron chi connectivity index (χ2n) is 9.67. The van der Waals surface area contributed by atoms with E-state index in [9.17, 15) is 9.90 Å². The summed E-state index contributed by atoms with van der Waals surface area (Å²) in [5.41, 5.74) is 0.147. The zero-order valence-electron chi connectivity index (χ0n) is 20.9. The van der Waals surface area contributed by atoms with Crippen molar-refractivity contribution in [3.05, 3.63) is 40.9 Å². The number of halogens is 2. The highest BCUT2D eigenvalue weighted by atomic mass is 35.5. The molecule has 2 aromatic heterocycles. The van der Waals surface area contributed by atoms with Gasteiger partial charge < -0.3 is 34.1 Å². The molecule has 0 saturated carbocycles. The van der Waals surface area contributed by atoms with E-state index >= 15 is 4.39 Å². The molecule has 0 spiro atoms. The average Bonchev–Trinajstić information content (AvgIpc) is 3.40. The summed E-state index contributed by atoms with van der Waals surface area (Å²) < 4.78 is 33.1. The smallest absolute Gasteiger partial charge is 0.407 e. The summed E-state index contributed by atoms with van der Waals surface area (Å²) in [6, 6.07) is 5.10. The SMILES string of the molecule is COc1ccc(Cn2cc3c(F)c(N4CC[C@H](NC(=O)OC(C)(C)C)C4)nc(Cl)c3c2O)c(OC)c1. The molecule has 1 aliphatic heterocycles. The minimum atomic E-state index is -0.612. The molecule has 1 saturated heterocycles. The molecule has 3 heterocycles. The number of pyridine rings is 1. The molecule has 1 aliphatic rings. The number of amides is 1. The largest absolute Gasteiger partial charge is 0.497 e. The van der Waals surface area contributed by atoms with Crippen LogP contribution in [-0.4, -0.2) is 59.7 Å². The Hall–Kier alpha value is -3.40. The van der Waals surface area contributed by atoms with Crippen molar-refractivity contribution in [1.82, 2.24) is 14.9 Å². The van der Waals surface area contributed by atoms with Gasteiger partial charge in [0.05, 0.1) is 32.2 Å². The summed E-state index contributed by atoms with van der Waals surface area (Å²) in [7, 11) is 3.10. The van der Waals surface area contributed by atoms with E-state index in [1.807, 2.05) is 6.07 Å². The third-order valence-electron chi connectivity index (χ3n) is 5.94. The highest BCUT2D eigenvalue weighted by molar-refractivity contribution is 6.35. The first-order valence-electron chi connectivity index (χ1n) is 11.5. The van der Waals surface area contributed by atoms with Crippen molar-refractivity contribution in [3.63, 3.8) is 0 Å². The Bertz CT molecular complexity index is 1290. The van der Waals surface area contributed by atoms with Crippen molar-refractivity contribution in [3.8, 4) is 17.4 Å². The van der Waals surface area contributed by atoms with Gasteiger partial charge in [-0.15, -0.1) is 0 Å². The molecule has 1 atom stereocenters. The van der Waals surface area contributed by atoms with Gasteiger partial charge in [0.2, 0.25) is 5.88 Å². The van der Waals surface area contributed by atoms with Crippen LogP contribution in [0.3, 0.4) is 0 Å². The lowest BCUT2D eigenvalue weighted by atomic mass is 10.2. The Labute approximate surface area is 213 Å². The monoisotopic (exact) mass is 520 g/mol. The molecule has 0 radical (unpaired) electrons. The molecule has 0 unspecified atom stereocenters. The zero-order chi connectivity index (χ0) is 26.2. The standard InChI is InChI=1S/C25H30ClFN4O5/c1-25(2,3)36-24(33)28-15-8-9-30(12-15)22-20(27)17-13-31(23(32)19(17)21(26)29-22)11-14-6-7-16(34-4)10-18(14)35-5/h6-7,10,13,15,32H,8-9,11-12H2,1-5H3,(H,28,33)/t15-/m0/s1. The average molecular weight is 521 g/mol.